The van der Waals surface area contributed by atoms with Gasteiger partial charge in [-0.05, 0) is 70.0 Å². The first kappa shape index (κ1) is 24.0. The number of amides is 2. The quantitative estimate of drug-likeness (QED) is 0.619. The maximum Gasteiger partial charge on any atom is 0.261 e. The lowest BCUT2D eigenvalue weighted by atomic mass is 10.1. The SMILES string of the molecule is Cc1ccc(OCC(=O)N(Cc2c(Cl)cccc2Cl)C(C)C(=O)NC(C)C)cc1C. The van der Waals surface area contributed by atoms with Crippen molar-refractivity contribution in [3.05, 3.63) is 63.1 Å². The standard InChI is InChI=1S/C23H28Cl2N2O3/c1-14(2)26-23(29)17(5)27(12-19-20(24)7-6-8-21(19)25)22(28)13-30-18-10-9-15(3)16(4)11-18/h6-11,14,17H,12-13H2,1-5H3,(H,26,29). The summed E-state index contributed by atoms with van der Waals surface area (Å²) in [7, 11) is 0. The fourth-order valence-electron chi connectivity index (χ4n) is 2.87. The average molecular weight is 451 g/mol. The summed E-state index contributed by atoms with van der Waals surface area (Å²) in [5.41, 5.74) is 2.80. The normalized spacial score (nSPS) is 11.9. The number of ether oxygens (including phenoxy) is 1. The zero-order chi connectivity index (χ0) is 22.4. The van der Waals surface area contributed by atoms with Crippen molar-refractivity contribution in [2.24, 2.45) is 0 Å². The number of halogens is 2. The van der Waals surface area contributed by atoms with Crippen LogP contribution < -0.4 is 10.1 Å². The van der Waals surface area contributed by atoms with E-state index < -0.39 is 6.04 Å². The first-order valence-corrected chi connectivity index (χ1v) is 10.6. The van der Waals surface area contributed by atoms with Gasteiger partial charge < -0.3 is 15.0 Å². The Labute approximate surface area is 188 Å². The fraction of sp³-hybridized carbons (Fsp3) is 0.391. The summed E-state index contributed by atoms with van der Waals surface area (Å²) in [6, 6.07) is 10.0. The molecule has 0 aromatic heterocycles. The van der Waals surface area contributed by atoms with Crippen molar-refractivity contribution in [2.75, 3.05) is 6.61 Å². The Hall–Kier alpha value is -2.24. The van der Waals surface area contributed by atoms with E-state index in [1.54, 1.807) is 25.1 Å². The second kappa shape index (κ2) is 10.7. The molecule has 0 aliphatic heterocycles. The van der Waals surface area contributed by atoms with Crippen LogP contribution in [0.5, 0.6) is 5.75 Å². The van der Waals surface area contributed by atoms with Gasteiger partial charge in [0.15, 0.2) is 6.61 Å². The lowest BCUT2D eigenvalue weighted by Gasteiger charge is -2.30. The van der Waals surface area contributed by atoms with Crippen LogP contribution >= 0.6 is 23.2 Å². The number of benzene rings is 2. The van der Waals surface area contributed by atoms with Crippen molar-refractivity contribution in [3.63, 3.8) is 0 Å². The second-order valence-electron chi connectivity index (χ2n) is 7.60. The Morgan fingerprint density at radius 3 is 2.23 bits per heavy atom. The van der Waals surface area contributed by atoms with Crippen LogP contribution in [-0.2, 0) is 16.1 Å². The molecule has 0 bridgehead atoms. The molecule has 0 radical (unpaired) electrons. The molecule has 0 aliphatic carbocycles. The maximum absolute atomic E-state index is 13.1. The third kappa shape index (κ3) is 6.38. The number of nitrogens with one attached hydrogen (secondary N) is 1. The highest BCUT2D eigenvalue weighted by atomic mass is 35.5. The minimum atomic E-state index is -0.726. The Kier molecular flexibility index (Phi) is 8.56. The van der Waals surface area contributed by atoms with E-state index in [0.717, 1.165) is 11.1 Å². The van der Waals surface area contributed by atoms with Gasteiger partial charge in [-0.15, -0.1) is 0 Å². The van der Waals surface area contributed by atoms with Crippen LogP contribution in [0.1, 0.15) is 37.5 Å². The van der Waals surface area contributed by atoms with Crippen LogP contribution in [0.2, 0.25) is 10.0 Å². The summed E-state index contributed by atoms with van der Waals surface area (Å²) in [4.78, 5) is 27.1. The molecule has 2 aromatic rings. The van der Waals surface area contributed by atoms with Crippen LogP contribution in [-0.4, -0.2) is 35.4 Å². The number of hydrogen-bond acceptors (Lipinski definition) is 3. The topological polar surface area (TPSA) is 58.6 Å². The summed E-state index contributed by atoms with van der Waals surface area (Å²) < 4.78 is 5.70. The molecule has 0 saturated heterocycles. The predicted octanol–water partition coefficient (Wildman–Crippen LogP) is 4.93. The molecule has 2 rings (SSSR count). The van der Waals surface area contributed by atoms with Crippen molar-refractivity contribution in [2.45, 2.75) is 53.2 Å². The molecule has 2 aromatic carbocycles. The minimum Gasteiger partial charge on any atom is -0.484 e. The van der Waals surface area contributed by atoms with Crippen LogP contribution in [0.15, 0.2) is 36.4 Å². The number of carbonyl (C=O) groups excluding carboxylic acids is 2. The van der Waals surface area contributed by atoms with Crippen molar-refractivity contribution in [1.29, 1.82) is 0 Å². The molecule has 1 unspecified atom stereocenters. The maximum atomic E-state index is 13.1. The monoisotopic (exact) mass is 450 g/mol. The van der Waals surface area contributed by atoms with Gasteiger partial charge in [-0.2, -0.15) is 0 Å². The molecule has 1 N–H and O–H groups in total. The molecule has 0 heterocycles. The van der Waals surface area contributed by atoms with Crippen molar-refractivity contribution in [3.8, 4) is 5.75 Å². The summed E-state index contributed by atoms with van der Waals surface area (Å²) in [5.74, 6) is 0.00443. The number of aryl methyl sites for hydroxylation is 2. The largest absolute Gasteiger partial charge is 0.484 e. The zero-order valence-electron chi connectivity index (χ0n) is 18.0. The van der Waals surface area contributed by atoms with Gasteiger partial charge in [-0.1, -0.05) is 35.3 Å². The third-order valence-electron chi connectivity index (χ3n) is 4.83. The lowest BCUT2D eigenvalue weighted by molar-refractivity contribution is -0.142. The van der Waals surface area contributed by atoms with Crippen LogP contribution in [0, 0.1) is 13.8 Å². The molecule has 0 fully saturated rings. The summed E-state index contributed by atoms with van der Waals surface area (Å²) >= 11 is 12.6. The molecule has 162 valence electrons. The minimum absolute atomic E-state index is 0.0485. The lowest BCUT2D eigenvalue weighted by Crippen LogP contribution is -2.50. The second-order valence-corrected chi connectivity index (χ2v) is 8.41. The molecule has 0 saturated carbocycles. The van der Waals surface area contributed by atoms with Crippen molar-refractivity contribution < 1.29 is 14.3 Å². The molecule has 0 aliphatic rings. The molecular weight excluding hydrogens is 423 g/mol. The summed E-state index contributed by atoms with van der Waals surface area (Å²) in [5, 5.41) is 3.71. The van der Waals surface area contributed by atoms with Gasteiger partial charge in [0.05, 0.1) is 0 Å². The van der Waals surface area contributed by atoms with E-state index in [1.165, 1.54) is 4.90 Å². The molecule has 30 heavy (non-hydrogen) atoms. The summed E-state index contributed by atoms with van der Waals surface area (Å²) in [6.45, 7) is 9.29. The van der Waals surface area contributed by atoms with E-state index in [2.05, 4.69) is 5.32 Å². The summed E-state index contributed by atoms with van der Waals surface area (Å²) in [6.07, 6.45) is 0. The third-order valence-corrected chi connectivity index (χ3v) is 5.54. The number of nitrogens with zero attached hydrogens (tertiary/aromatic N) is 1. The van der Waals surface area contributed by atoms with Gasteiger partial charge in [-0.3, -0.25) is 9.59 Å². The van der Waals surface area contributed by atoms with E-state index in [4.69, 9.17) is 27.9 Å². The highest BCUT2D eigenvalue weighted by molar-refractivity contribution is 6.36. The van der Waals surface area contributed by atoms with E-state index in [1.807, 2.05) is 45.9 Å². The molecular formula is C23H28Cl2N2O3. The molecule has 2 amide bonds. The van der Waals surface area contributed by atoms with E-state index in [-0.39, 0.29) is 31.0 Å². The zero-order valence-corrected chi connectivity index (χ0v) is 19.5. The Morgan fingerprint density at radius 1 is 1.03 bits per heavy atom. The van der Waals surface area contributed by atoms with Gasteiger partial charge in [-0.25, -0.2) is 0 Å². The number of carbonyl (C=O) groups is 2. The van der Waals surface area contributed by atoms with Crippen LogP contribution in [0.4, 0.5) is 0 Å². The first-order chi connectivity index (χ1) is 14.1. The van der Waals surface area contributed by atoms with E-state index >= 15 is 0 Å². The van der Waals surface area contributed by atoms with Gasteiger partial charge in [0.1, 0.15) is 11.8 Å². The molecule has 0 spiro atoms. The van der Waals surface area contributed by atoms with Gasteiger partial charge in [0.25, 0.3) is 5.91 Å². The van der Waals surface area contributed by atoms with Crippen LogP contribution in [0.3, 0.4) is 0 Å². The number of hydrogen-bond donors (Lipinski definition) is 1. The van der Waals surface area contributed by atoms with Gasteiger partial charge in [0.2, 0.25) is 5.91 Å². The van der Waals surface area contributed by atoms with E-state index in [0.29, 0.717) is 21.4 Å². The fourth-order valence-corrected chi connectivity index (χ4v) is 3.39. The van der Waals surface area contributed by atoms with Crippen molar-refractivity contribution in [1.82, 2.24) is 10.2 Å². The molecule has 7 heteroatoms. The Balaban J connectivity index is 2.23. The van der Waals surface area contributed by atoms with E-state index in [9.17, 15) is 9.59 Å². The van der Waals surface area contributed by atoms with Crippen molar-refractivity contribution >= 4 is 35.0 Å². The first-order valence-electron chi connectivity index (χ1n) is 9.83. The predicted molar refractivity (Wildman–Crippen MR) is 121 cm³/mol. The molecule has 5 nitrogen and oxygen atoms in total. The van der Waals surface area contributed by atoms with Crippen LogP contribution in [0.25, 0.3) is 0 Å². The van der Waals surface area contributed by atoms with Gasteiger partial charge in [0, 0.05) is 28.2 Å². The highest BCUT2D eigenvalue weighted by Gasteiger charge is 2.28. The average Bonchev–Trinajstić information content (AvgIpc) is 2.67. The Morgan fingerprint density at radius 2 is 1.67 bits per heavy atom. The number of rotatable bonds is 8. The van der Waals surface area contributed by atoms with Gasteiger partial charge >= 0.3 is 0 Å². The molecule has 1 atom stereocenters. The highest BCUT2D eigenvalue weighted by Crippen LogP contribution is 2.26. The Bertz CT molecular complexity index is 895. The smallest absolute Gasteiger partial charge is 0.261 e.